The zero-order chi connectivity index (χ0) is 11.8. The molecule has 0 spiro atoms. The van der Waals surface area contributed by atoms with Crippen molar-refractivity contribution in [3.63, 3.8) is 0 Å². The number of thioether (sulfide) groups is 1. The van der Waals surface area contributed by atoms with Gasteiger partial charge < -0.3 is 14.8 Å². The highest BCUT2D eigenvalue weighted by Gasteiger charge is 2.01. The Kier molecular flexibility index (Phi) is 6.61. The molecule has 0 radical (unpaired) electrons. The summed E-state index contributed by atoms with van der Waals surface area (Å²) in [5.41, 5.74) is 0. The minimum atomic E-state index is -0.196. The largest absolute Gasteiger partial charge is 0.464 e. The zero-order valence-electron chi connectivity index (χ0n) is 10.0. The average Bonchev–Trinajstić information content (AvgIpc) is 2.65. The van der Waals surface area contributed by atoms with Crippen molar-refractivity contribution in [2.24, 2.45) is 0 Å². The fourth-order valence-electron chi connectivity index (χ4n) is 1.47. The average molecular weight is 243 g/mol. The van der Waals surface area contributed by atoms with Gasteiger partial charge in [0, 0.05) is 0 Å². The Morgan fingerprint density at radius 2 is 2.19 bits per heavy atom. The third kappa shape index (κ3) is 5.58. The van der Waals surface area contributed by atoms with Gasteiger partial charge >= 0.3 is 0 Å². The highest BCUT2D eigenvalue weighted by Crippen LogP contribution is 2.13. The van der Waals surface area contributed by atoms with Crippen molar-refractivity contribution < 1.29 is 9.52 Å². The van der Waals surface area contributed by atoms with E-state index in [4.69, 9.17) is 9.52 Å². The summed E-state index contributed by atoms with van der Waals surface area (Å²) in [6, 6.07) is 4.05. The molecule has 92 valence electrons. The lowest BCUT2D eigenvalue weighted by molar-refractivity contribution is 0.181. The molecule has 1 heterocycles. The smallest absolute Gasteiger partial charge is 0.117 e. The predicted octanol–water partition coefficient (Wildman–Crippen LogP) is 2.39. The molecular formula is C12H21NO2S. The van der Waals surface area contributed by atoms with E-state index in [2.05, 4.69) is 11.6 Å². The summed E-state index contributed by atoms with van der Waals surface area (Å²) in [6.45, 7) is 3.51. The first-order valence-corrected chi connectivity index (χ1v) is 7.07. The summed E-state index contributed by atoms with van der Waals surface area (Å²) in [6.07, 6.45) is 3.72. The fraction of sp³-hybridized carbons (Fsp3) is 0.667. The van der Waals surface area contributed by atoms with Gasteiger partial charge in [0.2, 0.25) is 0 Å². The Morgan fingerprint density at radius 3 is 2.88 bits per heavy atom. The van der Waals surface area contributed by atoms with Crippen LogP contribution in [0.1, 0.15) is 31.3 Å². The number of furan rings is 1. The molecular weight excluding hydrogens is 222 g/mol. The Bertz CT molecular complexity index is 286. The highest BCUT2D eigenvalue weighted by atomic mass is 32.2. The molecule has 1 aromatic rings. The molecule has 2 N–H and O–H groups in total. The highest BCUT2D eigenvalue weighted by molar-refractivity contribution is 7.97. The Hall–Kier alpha value is -0.450. The number of aliphatic hydroxyl groups is 1. The molecule has 1 unspecified atom stereocenters. The van der Waals surface area contributed by atoms with Crippen molar-refractivity contribution in [3.05, 3.63) is 23.7 Å². The van der Waals surface area contributed by atoms with E-state index in [1.54, 1.807) is 11.8 Å². The summed E-state index contributed by atoms with van der Waals surface area (Å²) < 4.78 is 5.62. The van der Waals surface area contributed by atoms with Crippen molar-refractivity contribution in [1.29, 1.82) is 0 Å². The third-order valence-corrected chi connectivity index (χ3v) is 2.85. The van der Waals surface area contributed by atoms with E-state index >= 15 is 0 Å². The van der Waals surface area contributed by atoms with Crippen LogP contribution in [0.3, 0.4) is 0 Å². The number of aliphatic hydroxyl groups excluding tert-OH is 1. The molecule has 0 aromatic carbocycles. The zero-order valence-corrected chi connectivity index (χ0v) is 10.8. The van der Waals surface area contributed by atoms with Crippen LogP contribution >= 0.6 is 11.8 Å². The first kappa shape index (κ1) is 13.6. The van der Waals surface area contributed by atoms with Crippen LogP contribution in [-0.2, 0) is 12.3 Å². The van der Waals surface area contributed by atoms with Crippen LogP contribution in [0.5, 0.6) is 0 Å². The van der Waals surface area contributed by atoms with E-state index in [-0.39, 0.29) is 6.10 Å². The van der Waals surface area contributed by atoms with Crippen LogP contribution in [0.15, 0.2) is 16.5 Å². The van der Waals surface area contributed by atoms with E-state index in [9.17, 15) is 0 Å². The summed E-state index contributed by atoms with van der Waals surface area (Å²) >= 11 is 1.76. The molecule has 1 aromatic heterocycles. The van der Waals surface area contributed by atoms with Crippen molar-refractivity contribution >= 4 is 11.8 Å². The maximum absolute atomic E-state index is 9.08. The van der Waals surface area contributed by atoms with Gasteiger partial charge in [-0.05, 0) is 44.7 Å². The predicted molar refractivity (Wildman–Crippen MR) is 68.5 cm³/mol. The lowest BCUT2D eigenvalue weighted by Crippen LogP contribution is -2.15. The molecule has 1 rings (SSSR count). The summed E-state index contributed by atoms with van der Waals surface area (Å²) in [5, 5.41) is 12.4. The van der Waals surface area contributed by atoms with E-state index in [0.717, 1.165) is 43.2 Å². The monoisotopic (exact) mass is 243 g/mol. The number of hydrogen-bond acceptors (Lipinski definition) is 4. The third-order valence-electron chi connectivity index (χ3n) is 2.28. The Labute approximate surface area is 102 Å². The SMILES string of the molecule is CSCc1ccc(CNCCCC(C)O)o1. The van der Waals surface area contributed by atoms with Gasteiger partial charge in [0.25, 0.3) is 0 Å². The summed E-state index contributed by atoms with van der Waals surface area (Å²) in [5.74, 6) is 2.96. The van der Waals surface area contributed by atoms with Gasteiger partial charge in [-0.25, -0.2) is 0 Å². The van der Waals surface area contributed by atoms with Crippen molar-refractivity contribution in [3.8, 4) is 0 Å². The van der Waals surface area contributed by atoms with Gasteiger partial charge in [-0.3, -0.25) is 0 Å². The van der Waals surface area contributed by atoms with Crippen molar-refractivity contribution in [1.82, 2.24) is 5.32 Å². The molecule has 0 amide bonds. The minimum Gasteiger partial charge on any atom is -0.464 e. The Balaban J connectivity index is 2.12. The van der Waals surface area contributed by atoms with Gasteiger partial charge in [0.05, 0.1) is 18.4 Å². The van der Waals surface area contributed by atoms with Gasteiger partial charge in [-0.15, -0.1) is 0 Å². The van der Waals surface area contributed by atoms with Crippen LogP contribution in [0.25, 0.3) is 0 Å². The molecule has 0 aliphatic heterocycles. The molecule has 0 aliphatic carbocycles. The van der Waals surface area contributed by atoms with Crippen molar-refractivity contribution in [2.45, 2.75) is 38.2 Å². The quantitative estimate of drug-likeness (QED) is 0.688. The van der Waals surface area contributed by atoms with Crippen LogP contribution in [0, 0.1) is 0 Å². The molecule has 0 aliphatic rings. The first-order chi connectivity index (χ1) is 7.72. The molecule has 1 atom stereocenters. The fourth-order valence-corrected chi connectivity index (χ4v) is 1.91. The second-order valence-corrected chi connectivity index (χ2v) is 4.84. The second kappa shape index (κ2) is 7.76. The Morgan fingerprint density at radius 1 is 1.44 bits per heavy atom. The number of rotatable bonds is 8. The van der Waals surface area contributed by atoms with Gasteiger partial charge in [0.1, 0.15) is 11.5 Å². The maximum atomic E-state index is 9.08. The molecule has 0 saturated carbocycles. The van der Waals surface area contributed by atoms with Crippen LogP contribution in [0.2, 0.25) is 0 Å². The van der Waals surface area contributed by atoms with Gasteiger partial charge in [0.15, 0.2) is 0 Å². The molecule has 0 saturated heterocycles. The lowest BCUT2D eigenvalue weighted by Gasteiger charge is -2.04. The molecule has 16 heavy (non-hydrogen) atoms. The summed E-state index contributed by atoms with van der Waals surface area (Å²) in [7, 11) is 0. The first-order valence-electron chi connectivity index (χ1n) is 5.67. The molecule has 4 heteroatoms. The lowest BCUT2D eigenvalue weighted by atomic mass is 10.2. The maximum Gasteiger partial charge on any atom is 0.117 e. The van der Waals surface area contributed by atoms with Gasteiger partial charge in [-0.1, -0.05) is 0 Å². The van der Waals surface area contributed by atoms with E-state index in [1.807, 2.05) is 19.1 Å². The van der Waals surface area contributed by atoms with Crippen LogP contribution in [-0.4, -0.2) is 24.0 Å². The number of nitrogens with one attached hydrogen (secondary N) is 1. The van der Waals surface area contributed by atoms with Crippen molar-refractivity contribution in [2.75, 3.05) is 12.8 Å². The topological polar surface area (TPSA) is 45.4 Å². The molecule has 0 fully saturated rings. The molecule has 3 nitrogen and oxygen atoms in total. The van der Waals surface area contributed by atoms with E-state index in [1.165, 1.54) is 0 Å². The summed E-state index contributed by atoms with van der Waals surface area (Å²) in [4.78, 5) is 0. The van der Waals surface area contributed by atoms with Crippen LogP contribution < -0.4 is 5.32 Å². The minimum absolute atomic E-state index is 0.196. The van der Waals surface area contributed by atoms with Crippen LogP contribution in [0.4, 0.5) is 0 Å². The number of hydrogen-bond donors (Lipinski definition) is 2. The standard InChI is InChI=1S/C12H21NO2S/c1-10(14)4-3-7-13-8-11-5-6-12(15-11)9-16-2/h5-6,10,13-14H,3-4,7-9H2,1-2H3. The normalized spacial score (nSPS) is 12.9. The van der Waals surface area contributed by atoms with E-state index in [0.29, 0.717) is 0 Å². The second-order valence-electron chi connectivity index (χ2n) is 3.97. The molecule has 0 bridgehead atoms. The van der Waals surface area contributed by atoms with Gasteiger partial charge in [-0.2, -0.15) is 11.8 Å². The van der Waals surface area contributed by atoms with E-state index < -0.39 is 0 Å².